The maximum Gasteiger partial charge on any atom is 0.267 e. The summed E-state index contributed by atoms with van der Waals surface area (Å²) < 4.78 is 5.07. The van der Waals surface area contributed by atoms with E-state index in [9.17, 15) is 4.79 Å². The van der Waals surface area contributed by atoms with Crippen LogP contribution in [0, 0.1) is 0 Å². The van der Waals surface area contributed by atoms with Gasteiger partial charge in [0.1, 0.15) is 5.69 Å². The molecule has 0 aliphatic carbocycles. The van der Waals surface area contributed by atoms with Crippen LogP contribution in [0.3, 0.4) is 0 Å². The van der Waals surface area contributed by atoms with Crippen LogP contribution in [-0.2, 0) is 4.74 Å². The van der Waals surface area contributed by atoms with Crippen LogP contribution in [0.25, 0.3) is 10.9 Å². The lowest BCUT2D eigenvalue weighted by atomic mass is 10.2. The number of hydrogen-bond donors (Lipinski definition) is 3. The van der Waals surface area contributed by atoms with Gasteiger partial charge in [-0.25, -0.2) is 0 Å². The minimum atomic E-state index is -0.145. The fourth-order valence-corrected chi connectivity index (χ4v) is 1.69. The van der Waals surface area contributed by atoms with E-state index in [1.54, 1.807) is 19.2 Å². The number of nitrogens with one attached hydrogen (secondary N) is 2. The van der Waals surface area contributed by atoms with Crippen LogP contribution in [0.5, 0.6) is 0 Å². The molecule has 0 saturated heterocycles. The smallest absolute Gasteiger partial charge is 0.267 e. The summed E-state index contributed by atoms with van der Waals surface area (Å²) in [5.41, 5.74) is 7.80. The van der Waals surface area contributed by atoms with Crippen LogP contribution >= 0.6 is 0 Å². The molecule has 1 heterocycles. The van der Waals surface area contributed by atoms with Crippen LogP contribution in [-0.4, -0.2) is 30.6 Å². The summed E-state index contributed by atoms with van der Waals surface area (Å²) in [7, 11) is 1.61. The number of carbonyl (C=O) groups excluding carboxylic acids is 1. The number of benzene rings is 1. The normalized spacial score (nSPS) is 12.6. The number of fused-ring (bicyclic) bond motifs is 1. The van der Waals surface area contributed by atoms with E-state index in [0.29, 0.717) is 17.9 Å². The first-order valence-electron chi connectivity index (χ1n) is 5.79. The molecule has 0 bridgehead atoms. The van der Waals surface area contributed by atoms with Gasteiger partial charge in [-0.05, 0) is 31.2 Å². The van der Waals surface area contributed by atoms with E-state index in [1.807, 2.05) is 19.1 Å². The average molecular weight is 247 g/mol. The number of amides is 1. The maximum atomic E-state index is 11.9. The zero-order valence-corrected chi connectivity index (χ0v) is 10.5. The van der Waals surface area contributed by atoms with Crippen LogP contribution < -0.4 is 11.1 Å². The summed E-state index contributed by atoms with van der Waals surface area (Å²) in [5.74, 6) is -0.145. The number of nitrogen functional groups attached to an aromatic ring is 1. The van der Waals surface area contributed by atoms with Crippen LogP contribution in [0.15, 0.2) is 24.3 Å². The molecular weight excluding hydrogens is 230 g/mol. The Kier molecular flexibility index (Phi) is 3.53. The largest absolute Gasteiger partial charge is 0.399 e. The van der Waals surface area contributed by atoms with Crippen LogP contribution in [0.1, 0.15) is 17.4 Å². The molecule has 0 aliphatic heterocycles. The van der Waals surface area contributed by atoms with Crippen molar-refractivity contribution in [2.45, 2.75) is 13.0 Å². The topological polar surface area (TPSA) is 80.1 Å². The van der Waals surface area contributed by atoms with Gasteiger partial charge >= 0.3 is 0 Å². The number of H-pyrrole nitrogens is 1. The highest BCUT2D eigenvalue weighted by Gasteiger charge is 2.10. The van der Waals surface area contributed by atoms with Crippen molar-refractivity contribution < 1.29 is 9.53 Å². The van der Waals surface area contributed by atoms with E-state index < -0.39 is 0 Å². The molecule has 5 nitrogen and oxygen atoms in total. The molecule has 96 valence electrons. The Balaban J connectivity index is 2.13. The Bertz CT molecular complexity index is 562. The summed E-state index contributed by atoms with van der Waals surface area (Å²) in [5, 5.41) is 3.73. The minimum absolute atomic E-state index is 0.00558. The standard InChI is InChI=1S/C13H17N3O2/c1-8(18-2)7-15-13(17)12-6-9-5-10(14)3-4-11(9)16-12/h3-6,8,16H,7,14H2,1-2H3,(H,15,17). The van der Waals surface area contributed by atoms with E-state index in [1.165, 1.54) is 0 Å². The maximum absolute atomic E-state index is 11.9. The van der Waals surface area contributed by atoms with Gasteiger partial charge in [-0.3, -0.25) is 4.79 Å². The van der Waals surface area contributed by atoms with Gasteiger partial charge in [-0.1, -0.05) is 0 Å². The Labute approximate surface area is 105 Å². The molecule has 0 saturated carbocycles. The van der Waals surface area contributed by atoms with Gasteiger partial charge < -0.3 is 20.8 Å². The molecule has 1 amide bonds. The predicted octanol–water partition coefficient (Wildman–Crippen LogP) is 1.51. The Morgan fingerprint density at radius 3 is 3.00 bits per heavy atom. The number of aromatic amines is 1. The van der Waals surface area contributed by atoms with E-state index in [2.05, 4.69) is 10.3 Å². The van der Waals surface area contributed by atoms with Gasteiger partial charge in [0, 0.05) is 30.2 Å². The molecule has 1 atom stereocenters. The Morgan fingerprint density at radius 1 is 1.50 bits per heavy atom. The number of rotatable bonds is 4. The second kappa shape index (κ2) is 5.10. The summed E-state index contributed by atoms with van der Waals surface area (Å²) in [6.45, 7) is 2.37. The fraction of sp³-hybridized carbons (Fsp3) is 0.308. The second-order valence-corrected chi connectivity index (χ2v) is 4.29. The van der Waals surface area contributed by atoms with Gasteiger partial charge in [0.2, 0.25) is 0 Å². The molecule has 0 aliphatic rings. The zero-order chi connectivity index (χ0) is 13.1. The first-order valence-corrected chi connectivity index (χ1v) is 5.79. The third-order valence-corrected chi connectivity index (χ3v) is 2.84. The quantitative estimate of drug-likeness (QED) is 0.716. The van der Waals surface area contributed by atoms with E-state index >= 15 is 0 Å². The number of anilines is 1. The highest BCUT2D eigenvalue weighted by atomic mass is 16.5. The second-order valence-electron chi connectivity index (χ2n) is 4.29. The van der Waals surface area contributed by atoms with Gasteiger partial charge in [0.15, 0.2) is 0 Å². The first kappa shape index (κ1) is 12.4. The number of ether oxygens (including phenoxy) is 1. The first-order chi connectivity index (χ1) is 8.60. The molecule has 4 N–H and O–H groups in total. The lowest BCUT2D eigenvalue weighted by Gasteiger charge is -2.09. The van der Waals surface area contributed by atoms with Gasteiger partial charge in [-0.2, -0.15) is 0 Å². The molecule has 18 heavy (non-hydrogen) atoms. The zero-order valence-electron chi connectivity index (χ0n) is 10.5. The van der Waals surface area contributed by atoms with Crippen molar-refractivity contribution in [2.24, 2.45) is 0 Å². The fourth-order valence-electron chi connectivity index (χ4n) is 1.69. The number of methoxy groups -OCH3 is 1. The van der Waals surface area contributed by atoms with Crippen molar-refractivity contribution in [3.05, 3.63) is 30.0 Å². The van der Waals surface area contributed by atoms with Gasteiger partial charge in [0.05, 0.1) is 6.10 Å². The lowest BCUT2D eigenvalue weighted by Crippen LogP contribution is -2.31. The molecule has 1 aromatic carbocycles. The number of aromatic nitrogens is 1. The molecule has 2 aromatic rings. The molecule has 0 fully saturated rings. The summed E-state index contributed by atoms with van der Waals surface area (Å²) in [6, 6.07) is 7.28. The molecule has 1 unspecified atom stereocenters. The van der Waals surface area contributed by atoms with Crippen molar-refractivity contribution >= 4 is 22.5 Å². The van der Waals surface area contributed by atoms with E-state index in [-0.39, 0.29) is 12.0 Å². The van der Waals surface area contributed by atoms with Crippen molar-refractivity contribution in [1.29, 1.82) is 0 Å². The van der Waals surface area contributed by atoms with Crippen LogP contribution in [0.4, 0.5) is 5.69 Å². The number of carbonyl (C=O) groups is 1. The lowest BCUT2D eigenvalue weighted by molar-refractivity contribution is 0.0867. The van der Waals surface area contributed by atoms with Gasteiger partial charge in [0.25, 0.3) is 5.91 Å². The summed E-state index contributed by atoms with van der Waals surface area (Å²) >= 11 is 0. The molecule has 0 spiro atoms. The highest BCUT2D eigenvalue weighted by molar-refractivity contribution is 5.98. The monoisotopic (exact) mass is 247 g/mol. The van der Waals surface area contributed by atoms with E-state index in [0.717, 1.165) is 10.9 Å². The van der Waals surface area contributed by atoms with E-state index in [4.69, 9.17) is 10.5 Å². The molecule has 2 rings (SSSR count). The predicted molar refractivity (Wildman–Crippen MR) is 71.5 cm³/mol. The van der Waals surface area contributed by atoms with Crippen molar-refractivity contribution in [2.75, 3.05) is 19.4 Å². The SMILES string of the molecule is COC(C)CNC(=O)c1cc2cc(N)ccc2[nH]1. The third kappa shape index (κ3) is 2.62. The summed E-state index contributed by atoms with van der Waals surface area (Å²) in [6.07, 6.45) is -0.00558. The van der Waals surface area contributed by atoms with Crippen molar-refractivity contribution in [1.82, 2.24) is 10.3 Å². The number of nitrogens with two attached hydrogens (primary N) is 1. The Morgan fingerprint density at radius 2 is 2.28 bits per heavy atom. The average Bonchev–Trinajstić information content (AvgIpc) is 2.78. The molecule has 0 radical (unpaired) electrons. The summed E-state index contributed by atoms with van der Waals surface area (Å²) in [4.78, 5) is 14.9. The van der Waals surface area contributed by atoms with Crippen molar-refractivity contribution in [3.8, 4) is 0 Å². The molecule has 1 aromatic heterocycles. The number of hydrogen-bond acceptors (Lipinski definition) is 3. The van der Waals surface area contributed by atoms with Gasteiger partial charge in [-0.15, -0.1) is 0 Å². The minimum Gasteiger partial charge on any atom is -0.399 e. The molecular formula is C13H17N3O2. The van der Waals surface area contributed by atoms with Crippen LogP contribution in [0.2, 0.25) is 0 Å². The van der Waals surface area contributed by atoms with Crippen molar-refractivity contribution in [3.63, 3.8) is 0 Å². The Hall–Kier alpha value is -2.01. The highest BCUT2D eigenvalue weighted by Crippen LogP contribution is 2.18. The third-order valence-electron chi connectivity index (χ3n) is 2.84. The molecule has 5 heteroatoms.